The van der Waals surface area contributed by atoms with Crippen LogP contribution in [0.1, 0.15) is 31.4 Å². The summed E-state index contributed by atoms with van der Waals surface area (Å²) in [7, 11) is 0. The van der Waals surface area contributed by atoms with Crippen LogP contribution in [0, 0.1) is 0 Å². The van der Waals surface area contributed by atoms with E-state index in [1.807, 2.05) is 50.2 Å². The number of fused-ring (bicyclic) bond motifs is 3. The smallest absolute Gasteiger partial charge is 0.196 e. The van der Waals surface area contributed by atoms with E-state index >= 15 is 0 Å². The Morgan fingerprint density at radius 3 is 1.88 bits per heavy atom. The van der Waals surface area contributed by atoms with Gasteiger partial charge in [-0.1, -0.05) is 60.7 Å². The van der Waals surface area contributed by atoms with Gasteiger partial charge in [-0.05, 0) is 25.0 Å². The molecule has 0 spiro atoms. The van der Waals surface area contributed by atoms with E-state index in [0.717, 1.165) is 5.56 Å². The summed E-state index contributed by atoms with van der Waals surface area (Å²) in [6.07, 6.45) is 0.450. The van der Waals surface area contributed by atoms with Crippen molar-refractivity contribution in [1.82, 2.24) is 0 Å². The molecule has 0 N–H and O–H groups in total. The third-order valence-corrected chi connectivity index (χ3v) is 5.33. The molecule has 4 nitrogen and oxygen atoms in total. The summed E-state index contributed by atoms with van der Waals surface area (Å²) in [6, 6.07) is 20.5. The third kappa shape index (κ3) is 1.88. The van der Waals surface area contributed by atoms with Crippen LogP contribution in [0.5, 0.6) is 0 Å². The van der Waals surface area contributed by atoms with E-state index in [4.69, 9.17) is 19.2 Å². The minimum absolute atomic E-state index is 0.0247. The first-order chi connectivity index (χ1) is 11.6. The lowest BCUT2D eigenvalue weighted by Crippen LogP contribution is -2.54. The second kappa shape index (κ2) is 4.67. The Balaban J connectivity index is 1.61. The molecule has 2 aromatic carbocycles. The van der Waals surface area contributed by atoms with Gasteiger partial charge in [0.25, 0.3) is 0 Å². The summed E-state index contributed by atoms with van der Waals surface area (Å²) in [5.41, 5.74) is 1.24. The van der Waals surface area contributed by atoms with Crippen LogP contribution in [0.2, 0.25) is 0 Å². The van der Waals surface area contributed by atoms with Crippen molar-refractivity contribution < 1.29 is 19.2 Å². The highest BCUT2D eigenvalue weighted by Gasteiger charge is 2.78. The average molecular weight is 324 g/mol. The molecule has 0 radical (unpaired) electrons. The maximum Gasteiger partial charge on any atom is 0.196 e. The van der Waals surface area contributed by atoms with Gasteiger partial charge in [-0.25, -0.2) is 9.78 Å². The quantitative estimate of drug-likeness (QED) is 0.624. The van der Waals surface area contributed by atoms with E-state index in [9.17, 15) is 0 Å². The van der Waals surface area contributed by atoms with Crippen molar-refractivity contribution in [3.05, 3.63) is 71.8 Å². The molecule has 124 valence electrons. The molecule has 1 saturated carbocycles. The van der Waals surface area contributed by atoms with Crippen LogP contribution in [0.15, 0.2) is 60.7 Å². The van der Waals surface area contributed by atoms with E-state index in [1.54, 1.807) is 0 Å². The largest absolute Gasteiger partial charge is 0.358 e. The maximum absolute atomic E-state index is 6.28. The fourth-order valence-corrected chi connectivity index (χ4v) is 4.20. The van der Waals surface area contributed by atoms with Crippen LogP contribution < -0.4 is 0 Å². The predicted molar refractivity (Wildman–Crippen MR) is 86.9 cm³/mol. The van der Waals surface area contributed by atoms with E-state index in [1.165, 1.54) is 5.56 Å². The molecule has 0 aromatic heterocycles. The Kier molecular flexibility index (Phi) is 2.84. The second-order valence-electron chi connectivity index (χ2n) is 7.33. The topological polar surface area (TPSA) is 40.2 Å². The van der Waals surface area contributed by atoms with Gasteiger partial charge in [-0.3, -0.25) is 0 Å². The molecule has 1 aliphatic carbocycles. The number of hydrogen-bond acceptors (Lipinski definition) is 4. The van der Waals surface area contributed by atoms with Crippen LogP contribution in [-0.4, -0.2) is 18.0 Å². The van der Waals surface area contributed by atoms with Gasteiger partial charge in [0, 0.05) is 6.42 Å². The standard InChI is InChI=1S/C20H20O4/c1-18(2)21-17-16-19(22-16,14-9-5-3-6-10-14)13-20(17,24-23-18)15-11-7-4-8-12-15/h3-12,16-17H,13H2,1-2H3/t16-,17-,19-,20-/m0/s1. The van der Waals surface area contributed by atoms with Crippen LogP contribution in [0.4, 0.5) is 0 Å². The Labute approximate surface area is 141 Å². The van der Waals surface area contributed by atoms with Gasteiger partial charge in [-0.15, -0.1) is 0 Å². The second-order valence-corrected chi connectivity index (χ2v) is 7.33. The van der Waals surface area contributed by atoms with E-state index in [0.29, 0.717) is 6.42 Å². The van der Waals surface area contributed by atoms with Gasteiger partial charge < -0.3 is 9.47 Å². The number of epoxide rings is 1. The van der Waals surface area contributed by atoms with Crippen molar-refractivity contribution in [3.8, 4) is 0 Å². The van der Waals surface area contributed by atoms with Crippen molar-refractivity contribution in [2.24, 2.45) is 0 Å². The van der Waals surface area contributed by atoms with Gasteiger partial charge in [0.15, 0.2) is 11.4 Å². The van der Waals surface area contributed by atoms with Crippen LogP contribution in [0.3, 0.4) is 0 Å². The normalized spacial score (nSPS) is 39.1. The summed E-state index contributed by atoms with van der Waals surface area (Å²) < 4.78 is 12.5. The van der Waals surface area contributed by atoms with Crippen molar-refractivity contribution in [2.45, 2.75) is 49.5 Å². The number of ether oxygens (including phenoxy) is 2. The van der Waals surface area contributed by atoms with Crippen molar-refractivity contribution in [3.63, 3.8) is 0 Å². The van der Waals surface area contributed by atoms with Gasteiger partial charge >= 0.3 is 0 Å². The Hall–Kier alpha value is -1.72. The van der Waals surface area contributed by atoms with Gasteiger partial charge in [0.05, 0.1) is 0 Å². The summed E-state index contributed by atoms with van der Waals surface area (Å²) in [5.74, 6) is -0.790. The molecule has 0 unspecified atom stereocenters. The molecular weight excluding hydrogens is 304 g/mol. The summed E-state index contributed by atoms with van der Waals surface area (Å²) in [5, 5.41) is 0. The van der Waals surface area contributed by atoms with Crippen LogP contribution >= 0.6 is 0 Å². The molecule has 2 saturated heterocycles. The number of hydrogen-bond donors (Lipinski definition) is 0. The SMILES string of the molecule is CC1(C)OO[C@]2(c3ccccc3)C[C@@]3(c4ccccc4)O[C@H]3[C@@H]2O1. The Bertz CT molecular complexity index is 760. The number of rotatable bonds is 2. The van der Waals surface area contributed by atoms with Crippen molar-refractivity contribution in [2.75, 3.05) is 0 Å². The summed E-state index contributed by atoms with van der Waals surface area (Å²) >= 11 is 0. The first-order valence-corrected chi connectivity index (χ1v) is 8.39. The molecule has 4 atom stereocenters. The zero-order chi connectivity index (χ0) is 16.4. The zero-order valence-corrected chi connectivity index (χ0v) is 13.8. The fraction of sp³-hybridized carbons (Fsp3) is 0.400. The lowest BCUT2D eigenvalue weighted by Gasteiger charge is -2.45. The van der Waals surface area contributed by atoms with Crippen molar-refractivity contribution in [1.29, 1.82) is 0 Å². The van der Waals surface area contributed by atoms with E-state index in [-0.39, 0.29) is 17.8 Å². The van der Waals surface area contributed by atoms with Crippen LogP contribution in [0.25, 0.3) is 0 Å². The molecule has 3 aliphatic rings. The van der Waals surface area contributed by atoms with Gasteiger partial charge in [0.2, 0.25) is 0 Å². The monoisotopic (exact) mass is 324 g/mol. The van der Waals surface area contributed by atoms with Crippen molar-refractivity contribution >= 4 is 0 Å². The van der Waals surface area contributed by atoms with E-state index in [2.05, 4.69) is 24.3 Å². The highest BCUT2D eigenvalue weighted by molar-refractivity contribution is 5.40. The van der Waals surface area contributed by atoms with Gasteiger partial charge in [0.1, 0.15) is 17.8 Å². The lowest BCUT2D eigenvalue weighted by atomic mass is 9.86. The van der Waals surface area contributed by atoms with Crippen LogP contribution in [-0.2, 0) is 30.5 Å². The molecule has 0 bridgehead atoms. The molecular formula is C20H20O4. The molecule has 4 heteroatoms. The fourth-order valence-electron chi connectivity index (χ4n) is 4.20. The third-order valence-electron chi connectivity index (χ3n) is 5.33. The predicted octanol–water partition coefficient (Wildman–Crippen LogP) is 3.66. The summed E-state index contributed by atoms with van der Waals surface area (Å²) in [6.45, 7) is 3.74. The lowest BCUT2D eigenvalue weighted by molar-refractivity contribution is -0.525. The average Bonchev–Trinajstić information content (AvgIpc) is 3.26. The molecule has 2 aliphatic heterocycles. The minimum atomic E-state index is -0.790. The van der Waals surface area contributed by atoms with E-state index < -0.39 is 11.4 Å². The Morgan fingerprint density at radius 2 is 1.25 bits per heavy atom. The highest BCUT2D eigenvalue weighted by atomic mass is 17.3. The zero-order valence-electron chi connectivity index (χ0n) is 13.8. The summed E-state index contributed by atoms with van der Waals surface area (Å²) in [4.78, 5) is 11.6. The molecule has 3 fully saturated rings. The Morgan fingerprint density at radius 1 is 0.708 bits per heavy atom. The molecule has 24 heavy (non-hydrogen) atoms. The molecule has 2 heterocycles. The minimum Gasteiger partial charge on any atom is -0.358 e. The molecule has 2 aromatic rings. The maximum atomic E-state index is 6.28. The molecule has 5 rings (SSSR count). The first kappa shape index (κ1) is 14.6. The first-order valence-electron chi connectivity index (χ1n) is 8.39. The number of benzene rings is 2. The van der Waals surface area contributed by atoms with Gasteiger partial charge in [-0.2, -0.15) is 0 Å². The highest BCUT2D eigenvalue weighted by Crippen LogP contribution is 2.67. The molecule has 0 amide bonds.